The maximum absolute atomic E-state index is 12.8. The summed E-state index contributed by atoms with van der Waals surface area (Å²) in [6.45, 7) is 2.39. The first kappa shape index (κ1) is 8.60. The fourth-order valence-electron chi connectivity index (χ4n) is 0.773. The molecule has 0 aliphatic heterocycles. The zero-order valence-electron chi connectivity index (χ0n) is 6.67. The van der Waals surface area contributed by atoms with Crippen LogP contribution in [0.15, 0.2) is 0 Å². The molecule has 0 aliphatic carbocycles. The van der Waals surface area contributed by atoms with Crippen molar-refractivity contribution in [2.75, 3.05) is 6.61 Å². The molecule has 0 spiro atoms. The highest BCUT2D eigenvalue weighted by molar-refractivity contribution is 5.11. The maximum Gasteiger partial charge on any atom is 0.250 e. The lowest BCUT2D eigenvalue weighted by Crippen LogP contribution is -2.04. The van der Waals surface area contributed by atoms with Gasteiger partial charge in [0.25, 0.3) is 5.88 Å². The van der Waals surface area contributed by atoms with E-state index in [2.05, 4.69) is 17.2 Å². The Hall–Kier alpha value is -1.50. The molecule has 0 unspecified atom stereocenters. The summed E-state index contributed by atoms with van der Waals surface area (Å²) in [5.74, 6) is 1.69. The zero-order valence-corrected chi connectivity index (χ0v) is 6.67. The van der Waals surface area contributed by atoms with Gasteiger partial charge in [-0.25, -0.2) is 4.68 Å². The van der Waals surface area contributed by atoms with E-state index in [1.165, 1.54) is 4.68 Å². The number of halogens is 1. The Bertz CT molecular complexity index is 300. The van der Waals surface area contributed by atoms with Crippen LogP contribution in [0.25, 0.3) is 0 Å². The number of aryl methyl sites for hydroxylation is 1. The van der Waals surface area contributed by atoms with Crippen molar-refractivity contribution in [1.29, 1.82) is 0 Å². The van der Waals surface area contributed by atoms with Crippen LogP contribution in [0.5, 0.6) is 5.88 Å². The van der Waals surface area contributed by atoms with Gasteiger partial charge in [0.15, 0.2) is 12.8 Å². The molecule has 1 aromatic heterocycles. The molecule has 1 radical (unpaired) electrons. The summed E-state index contributed by atoms with van der Waals surface area (Å²) in [6, 6.07) is 0. The number of terminal acetylenes is 1. The van der Waals surface area contributed by atoms with Crippen molar-refractivity contribution < 1.29 is 9.13 Å². The SMILES string of the molecule is C#CCOc1c(F)[c]nn1CC. The minimum Gasteiger partial charge on any atom is -0.463 e. The van der Waals surface area contributed by atoms with Crippen molar-refractivity contribution in [2.24, 2.45) is 0 Å². The van der Waals surface area contributed by atoms with E-state index < -0.39 is 5.82 Å². The quantitative estimate of drug-likeness (QED) is 0.624. The highest BCUT2D eigenvalue weighted by Crippen LogP contribution is 2.14. The Morgan fingerprint density at radius 1 is 1.83 bits per heavy atom. The van der Waals surface area contributed by atoms with Gasteiger partial charge in [0.2, 0.25) is 5.82 Å². The number of hydrogen-bond donors (Lipinski definition) is 0. The maximum atomic E-state index is 12.8. The van der Waals surface area contributed by atoms with Crippen LogP contribution < -0.4 is 4.74 Å². The molecule has 1 rings (SSSR count). The summed E-state index contributed by atoms with van der Waals surface area (Å²) < 4.78 is 19.0. The number of nitrogens with zero attached hydrogens (tertiary/aromatic N) is 2. The number of ether oxygens (including phenoxy) is 1. The molecule has 0 fully saturated rings. The van der Waals surface area contributed by atoms with Gasteiger partial charge in [-0.05, 0) is 6.92 Å². The van der Waals surface area contributed by atoms with E-state index in [1.807, 2.05) is 6.92 Å². The van der Waals surface area contributed by atoms with Gasteiger partial charge < -0.3 is 4.74 Å². The Morgan fingerprint density at radius 2 is 2.58 bits per heavy atom. The molecule has 0 saturated heterocycles. The Kier molecular flexibility index (Phi) is 2.70. The van der Waals surface area contributed by atoms with E-state index in [1.54, 1.807) is 0 Å². The van der Waals surface area contributed by atoms with Crippen molar-refractivity contribution in [2.45, 2.75) is 13.5 Å². The molecule has 63 valence electrons. The molecule has 3 nitrogen and oxygen atoms in total. The molecular weight excluding hydrogens is 159 g/mol. The van der Waals surface area contributed by atoms with Gasteiger partial charge in [0.1, 0.15) is 0 Å². The molecule has 0 N–H and O–H groups in total. The van der Waals surface area contributed by atoms with Gasteiger partial charge in [0.05, 0.1) is 0 Å². The number of aromatic nitrogens is 2. The first-order valence-corrected chi connectivity index (χ1v) is 3.49. The monoisotopic (exact) mass is 167 g/mol. The van der Waals surface area contributed by atoms with Crippen LogP contribution in [-0.4, -0.2) is 16.4 Å². The fourth-order valence-corrected chi connectivity index (χ4v) is 0.773. The lowest BCUT2D eigenvalue weighted by atomic mass is 10.6. The Morgan fingerprint density at radius 3 is 3.17 bits per heavy atom. The van der Waals surface area contributed by atoms with Crippen LogP contribution in [-0.2, 0) is 6.54 Å². The summed E-state index contributed by atoms with van der Waals surface area (Å²) in [4.78, 5) is 0. The normalized spacial score (nSPS) is 9.42. The lowest BCUT2D eigenvalue weighted by molar-refractivity contribution is 0.311. The van der Waals surface area contributed by atoms with Gasteiger partial charge in [-0.1, -0.05) is 5.92 Å². The molecule has 0 amide bonds. The van der Waals surface area contributed by atoms with Crippen molar-refractivity contribution in [1.82, 2.24) is 9.78 Å². The minimum atomic E-state index is -0.605. The zero-order chi connectivity index (χ0) is 8.97. The molecule has 1 aromatic rings. The second kappa shape index (κ2) is 3.77. The Balaban J connectivity index is 2.81. The van der Waals surface area contributed by atoms with Gasteiger partial charge >= 0.3 is 0 Å². The molecule has 0 atom stereocenters. The van der Waals surface area contributed by atoms with Gasteiger partial charge in [0, 0.05) is 6.54 Å². The molecule has 0 aromatic carbocycles. The number of rotatable bonds is 3. The predicted molar refractivity (Wildman–Crippen MR) is 41.0 cm³/mol. The third kappa shape index (κ3) is 1.56. The van der Waals surface area contributed by atoms with Crippen LogP contribution >= 0.6 is 0 Å². The largest absolute Gasteiger partial charge is 0.463 e. The van der Waals surface area contributed by atoms with E-state index >= 15 is 0 Å². The van der Waals surface area contributed by atoms with Crippen molar-refractivity contribution in [3.05, 3.63) is 12.0 Å². The van der Waals surface area contributed by atoms with Crippen molar-refractivity contribution in [3.8, 4) is 18.2 Å². The first-order valence-electron chi connectivity index (χ1n) is 3.49. The molecule has 12 heavy (non-hydrogen) atoms. The first-order chi connectivity index (χ1) is 5.79. The van der Waals surface area contributed by atoms with E-state index in [-0.39, 0.29) is 12.5 Å². The van der Waals surface area contributed by atoms with Gasteiger partial charge in [-0.3, -0.25) is 0 Å². The topological polar surface area (TPSA) is 27.1 Å². The highest BCUT2D eigenvalue weighted by atomic mass is 19.1. The van der Waals surface area contributed by atoms with Crippen LogP contribution in [0.1, 0.15) is 6.92 Å². The summed E-state index contributed by atoms with van der Waals surface area (Å²) in [5, 5.41) is 3.61. The average Bonchev–Trinajstić information content (AvgIpc) is 2.43. The van der Waals surface area contributed by atoms with Crippen molar-refractivity contribution in [3.63, 3.8) is 0 Å². The summed E-state index contributed by atoms with van der Waals surface area (Å²) in [6.07, 6.45) is 7.10. The van der Waals surface area contributed by atoms with E-state index in [0.29, 0.717) is 6.54 Å². The minimum absolute atomic E-state index is 0.0381. The van der Waals surface area contributed by atoms with E-state index in [9.17, 15) is 4.39 Å². The fraction of sp³-hybridized carbons (Fsp3) is 0.375. The Labute approximate surface area is 70.1 Å². The van der Waals surface area contributed by atoms with Crippen molar-refractivity contribution >= 4 is 0 Å². The van der Waals surface area contributed by atoms with Gasteiger partial charge in [-0.2, -0.15) is 9.49 Å². The average molecular weight is 167 g/mol. The van der Waals surface area contributed by atoms with E-state index in [0.717, 1.165) is 0 Å². The van der Waals surface area contributed by atoms with Crippen LogP contribution in [0.2, 0.25) is 0 Å². The second-order valence-electron chi connectivity index (χ2n) is 2.04. The second-order valence-corrected chi connectivity index (χ2v) is 2.04. The van der Waals surface area contributed by atoms with Crippen LogP contribution in [0, 0.1) is 24.4 Å². The van der Waals surface area contributed by atoms with Crippen LogP contribution in [0.3, 0.4) is 0 Å². The third-order valence-electron chi connectivity index (χ3n) is 1.28. The lowest BCUT2D eigenvalue weighted by Gasteiger charge is -2.03. The molecule has 0 aliphatic rings. The molecule has 0 saturated carbocycles. The highest BCUT2D eigenvalue weighted by Gasteiger charge is 2.10. The number of hydrogen-bond acceptors (Lipinski definition) is 2. The molecule has 4 heteroatoms. The molecule has 0 bridgehead atoms. The van der Waals surface area contributed by atoms with E-state index in [4.69, 9.17) is 11.2 Å². The van der Waals surface area contributed by atoms with Crippen LogP contribution in [0.4, 0.5) is 4.39 Å². The molecule has 1 heterocycles. The summed E-state index contributed by atoms with van der Waals surface area (Å²) in [7, 11) is 0. The summed E-state index contributed by atoms with van der Waals surface area (Å²) in [5.41, 5.74) is 0. The smallest absolute Gasteiger partial charge is 0.250 e. The van der Waals surface area contributed by atoms with Gasteiger partial charge in [-0.15, -0.1) is 6.42 Å². The predicted octanol–water partition coefficient (Wildman–Crippen LogP) is 0.854. The summed E-state index contributed by atoms with van der Waals surface area (Å²) >= 11 is 0. The third-order valence-corrected chi connectivity index (χ3v) is 1.28. The molecular formula is C8H8FN2O. The standard InChI is InChI=1S/C8H8FN2O/c1-3-5-12-8-7(9)6-10-11(8)4-2/h1H,4-5H2,2H3.